The molecule has 0 saturated carbocycles. The van der Waals surface area contributed by atoms with Crippen molar-refractivity contribution in [1.82, 2.24) is 0 Å². The van der Waals surface area contributed by atoms with Crippen molar-refractivity contribution in [3.63, 3.8) is 0 Å². The van der Waals surface area contributed by atoms with Crippen LogP contribution in [0.3, 0.4) is 0 Å². The number of carbonyl (C=O) groups is 4. The van der Waals surface area contributed by atoms with Crippen LogP contribution in [0.15, 0.2) is 121 Å². The summed E-state index contributed by atoms with van der Waals surface area (Å²) < 4.78 is 69.1. The molecule has 0 aromatic heterocycles. The van der Waals surface area contributed by atoms with Gasteiger partial charge in [-0.15, -0.1) is 11.6 Å². The highest BCUT2D eigenvalue weighted by atomic mass is 35.5. The zero-order valence-electron chi connectivity index (χ0n) is 35.8. The Morgan fingerprint density at radius 2 is 0.922 bits per heavy atom. The molecule has 16 heteroatoms. The van der Waals surface area contributed by atoms with Crippen LogP contribution in [-0.2, 0) is 97.7 Å². The monoisotopic (exact) mass is 904 g/mol. The number of carbonyl (C=O) groups excluding carboxylic acids is 4. The second kappa shape index (κ2) is 24.7. The fourth-order valence-corrected chi connectivity index (χ4v) is 7.34. The summed E-state index contributed by atoms with van der Waals surface area (Å²) in [6.07, 6.45) is -12.9. The van der Waals surface area contributed by atoms with Crippen LogP contribution in [0, 0.1) is 0 Å². The summed E-state index contributed by atoms with van der Waals surface area (Å²) in [5.41, 5.74) is 3.43. The van der Waals surface area contributed by atoms with E-state index in [0.29, 0.717) is 0 Å². The highest BCUT2D eigenvalue weighted by Crippen LogP contribution is 2.36. The summed E-state index contributed by atoms with van der Waals surface area (Å²) in [5, 5.41) is 0. The lowest BCUT2D eigenvalue weighted by Gasteiger charge is -2.49. The van der Waals surface area contributed by atoms with Crippen LogP contribution in [0.2, 0.25) is 0 Å². The van der Waals surface area contributed by atoms with Gasteiger partial charge < -0.3 is 52.1 Å². The van der Waals surface area contributed by atoms with E-state index in [2.05, 4.69) is 0 Å². The molecule has 15 nitrogen and oxygen atoms in total. The van der Waals surface area contributed by atoms with Crippen molar-refractivity contribution in [3.8, 4) is 0 Å². The quantitative estimate of drug-likeness (QED) is 0.0542. The van der Waals surface area contributed by atoms with Crippen molar-refractivity contribution in [1.29, 1.82) is 0 Å². The van der Waals surface area contributed by atoms with Crippen LogP contribution in [0.25, 0.3) is 0 Å². The number of hydrogen-bond donors (Lipinski definition) is 0. The summed E-state index contributed by atoms with van der Waals surface area (Å²) >= 11 is 5.91. The Labute approximate surface area is 377 Å². The molecule has 2 heterocycles. The molecule has 2 aliphatic heterocycles. The molecule has 6 rings (SSSR count). The van der Waals surface area contributed by atoms with E-state index in [0.717, 1.165) is 36.1 Å². The first-order valence-corrected chi connectivity index (χ1v) is 21.4. The third-order valence-corrected chi connectivity index (χ3v) is 10.3. The highest BCUT2D eigenvalue weighted by molar-refractivity contribution is 6.26. The van der Waals surface area contributed by atoms with Crippen molar-refractivity contribution in [3.05, 3.63) is 144 Å². The number of halogens is 1. The van der Waals surface area contributed by atoms with Crippen LogP contribution in [-0.4, -0.2) is 104 Å². The highest BCUT2D eigenvalue weighted by Gasteiger charge is 2.57. The molecule has 2 fully saturated rings. The molecule has 0 bridgehead atoms. The molecule has 2 saturated heterocycles. The van der Waals surface area contributed by atoms with E-state index >= 15 is 0 Å². The van der Waals surface area contributed by atoms with Gasteiger partial charge in [0.05, 0.1) is 33.0 Å². The average molecular weight is 905 g/mol. The van der Waals surface area contributed by atoms with Crippen LogP contribution in [0.5, 0.6) is 0 Å². The summed E-state index contributed by atoms with van der Waals surface area (Å²) in [6, 6.07) is 38.0. The molecule has 4 aromatic rings. The zero-order chi connectivity index (χ0) is 45.3. The van der Waals surface area contributed by atoms with Crippen LogP contribution < -0.4 is 0 Å². The van der Waals surface area contributed by atoms with Crippen LogP contribution in [0.4, 0.5) is 0 Å². The molecule has 0 unspecified atom stereocenters. The molecule has 342 valence electrons. The molecular formula is C48H53ClO15. The smallest absolute Gasteiger partial charge is 0.321 e. The van der Waals surface area contributed by atoms with E-state index in [1.54, 1.807) is 0 Å². The fourth-order valence-electron chi connectivity index (χ4n) is 7.28. The summed E-state index contributed by atoms with van der Waals surface area (Å²) in [5.74, 6) is -3.82. The van der Waals surface area contributed by atoms with Gasteiger partial charge >= 0.3 is 23.9 Å². The predicted molar refractivity (Wildman–Crippen MR) is 228 cm³/mol. The summed E-state index contributed by atoms with van der Waals surface area (Å²) in [7, 11) is 0. The Balaban J connectivity index is 1.45. The van der Waals surface area contributed by atoms with Gasteiger partial charge in [-0.1, -0.05) is 121 Å². The lowest BCUT2D eigenvalue weighted by Crippen LogP contribution is -2.67. The van der Waals surface area contributed by atoms with E-state index in [9.17, 15) is 19.2 Å². The van der Waals surface area contributed by atoms with Gasteiger partial charge in [-0.3, -0.25) is 19.2 Å². The van der Waals surface area contributed by atoms with Gasteiger partial charge in [-0.05, 0) is 22.3 Å². The molecule has 64 heavy (non-hydrogen) atoms. The van der Waals surface area contributed by atoms with Crippen molar-refractivity contribution < 1.29 is 71.3 Å². The number of rotatable bonds is 21. The first-order chi connectivity index (χ1) is 31.1. The van der Waals surface area contributed by atoms with Crippen LogP contribution >= 0.6 is 11.6 Å². The van der Waals surface area contributed by atoms with Gasteiger partial charge in [0.25, 0.3) is 0 Å². The molecular weight excluding hydrogens is 852 g/mol. The standard InChI is InChI=1S/C48H53ClO15/c1-31(50)55-30-39-42(59-32(2)51)44(63-40(53)24-49)46(60-33(3)52)48(62-39)64-43-41(56-26-35-18-10-5-11-19-35)38(29-54-25-34-16-8-4-9-17-34)61-47(58-28-37-22-14-7-15-23-37)45(43)57-27-36-20-12-6-13-21-36/h4-23,38-39,41-48H,24-30H2,1-3H3/t38-,39-,41-,42-,43+,44+,45-,46-,47-,48+/m1/s1. The first kappa shape index (κ1) is 48.2. The van der Waals surface area contributed by atoms with Gasteiger partial charge in [-0.2, -0.15) is 0 Å². The van der Waals surface area contributed by atoms with E-state index in [-0.39, 0.29) is 33.0 Å². The van der Waals surface area contributed by atoms with Gasteiger partial charge in [0.1, 0.15) is 43.0 Å². The normalized spacial score (nSPS) is 25.4. The molecule has 0 amide bonds. The van der Waals surface area contributed by atoms with Gasteiger partial charge in [0, 0.05) is 20.8 Å². The maximum atomic E-state index is 12.9. The minimum absolute atomic E-state index is 0.0106. The Bertz CT molecular complexity index is 2040. The Morgan fingerprint density at radius 3 is 1.42 bits per heavy atom. The maximum absolute atomic E-state index is 12.9. The van der Waals surface area contributed by atoms with Crippen LogP contribution in [0.1, 0.15) is 43.0 Å². The lowest BCUT2D eigenvalue weighted by atomic mass is 9.95. The van der Waals surface area contributed by atoms with Crippen molar-refractivity contribution in [2.75, 3.05) is 19.1 Å². The number of esters is 4. The first-order valence-electron chi connectivity index (χ1n) is 20.9. The molecule has 10 atom stereocenters. The third kappa shape index (κ3) is 14.4. The van der Waals surface area contributed by atoms with E-state index in [1.807, 2.05) is 121 Å². The number of benzene rings is 4. The minimum atomic E-state index is -1.63. The lowest BCUT2D eigenvalue weighted by molar-refractivity contribution is -0.372. The number of alkyl halides is 1. The maximum Gasteiger partial charge on any atom is 0.321 e. The zero-order valence-corrected chi connectivity index (χ0v) is 36.5. The summed E-state index contributed by atoms with van der Waals surface area (Å²) in [4.78, 5) is 50.5. The largest absolute Gasteiger partial charge is 0.463 e. The van der Waals surface area contributed by atoms with Crippen molar-refractivity contribution in [2.45, 2.75) is 109 Å². The van der Waals surface area contributed by atoms with Crippen molar-refractivity contribution >= 4 is 35.5 Å². The van der Waals surface area contributed by atoms with E-state index in [4.69, 9.17) is 63.7 Å². The molecule has 2 aliphatic rings. The SMILES string of the molecule is CC(=O)OC[C@H]1O[C@@H](O[C@@H]2[C@@H](OCc3ccccc3)[C@H](OCc3ccccc3)O[C@H](COCc3ccccc3)[C@H]2OCc2ccccc2)[C@H](OC(C)=O)[C@@H](OC(=O)CCl)[C@@H]1OC(C)=O. The topological polar surface area (TPSA) is 170 Å². The molecule has 4 aromatic carbocycles. The minimum Gasteiger partial charge on any atom is -0.463 e. The molecule has 0 spiro atoms. The Kier molecular flexibility index (Phi) is 18.6. The second-order valence-electron chi connectivity index (χ2n) is 15.0. The van der Waals surface area contributed by atoms with E-state index in [1.165, 1.54) is 6.92 Å². The fraction of sp³-hybridized carbons (Fsp3) is 0.417. The molecule has 0 N–H and O–H groups in total. The Morgan fingerprint density at radius 1 is 0.469 bits per heavy atom. The molecule has 0 radical (unpaired) electrons. The van der Waals surface area contributed by atoms with Gasteiger partial charge in [0.2, 0.25) is 0 Å². The van der Waals surface area contributed by atoms with Gasteiger partial charge in [-0.25, -0.2) is 0 Å². The second-order valence-corrected chi connectivity index (χ2v) is 15.3. The predicted octanol–water partition coefficient (Wildman–Crippen LogP) is 6.00. The third-order valence-electron chi connectivity index (χ3n) is 10.1. The number of hydrogen-bond acceptors (Lipinski definition) is 15. The number of ether oxygens (including phenoxy) is 11. The summed E-state index contributed by atoms with van der Waals surface area (Å²) in [6.45, 7) is 3.47. The molecule has 0 aliphatic carbocycles. The van der Waals surface area contributed by atoms with E-state index < -0.39 is 97.8 Å². The Hall–Kier alpha value is -5.23. The van der Waals surface area contributed by atoms with Gasteiger partial charge in [0.15, 0.2) is 30.9 Å². The average Bonchev–Trinajstić information content (AvgIpc) is 3.29. The van der Waals surface area contributed by atoms with Crippen molar-refractivity contribution in [2.24, 2.45) is 0 Å².